The summed E-state index contributed by atoms with van der Waals surface area (Å²) in [6.45, 7) is 0. The molecule has 0 aliphatic heterocycles. The fraction of sp³-hybridized carbons (Fsp3) is 0.250. The zero-order chi connectivity index (χ0) is 11.5. The summed E-state index contributed by atoms with van der Waals surface area (Å²) >= 11 is 3.40. The van der Waals surface area contributed by atoms with Crippen molar-refractivity contribution in [3.8, 4) is 0 Å². The predicted molar refractivity (Wildman–Crippen MR) is 67.4 cm³/mol. The lowest BCUT2D eigenvalue weighted by molar-refractivity contribution is 0.0691. The molecule has 0 bridgehead atoms. The van der Waals surface area contributed by atoms with Crippen LogP contribution >= 0.6 is 15.9 Å². The molecule has 0 spiro atoms. The van der Waals surface area contributed by atoms with Gasteiger partial charge in [-0.15, -0.1) is 0 Å². The molecule has 2 N–H and O–H groups in total. The van der Waals surface area contributed by atoms with Crippen molar-refractivity contribution in [1.82, 2.24) is 4.98 Å². The number of carboxylic acids is 1. The Morgan fingerprint density at radius 1 is 1.44 bits per heavy atom. The molecule has 0 saturated carbocycles. The van der Waals surface area contributed by atoms with E-state index in [-0.39, 0.29) is 5.69 Å². The second-order valence-corrected chi connectivity index (χ2v) is 4.46. The summed E-state index contributed by atoms with van der Waals surface area (Å²) in [7, 11) is 0. The number of aromatic carboxylic acids is 1. The molecule has 2 aromatic rings. The Labute approximate surface area is 102 Å². The number of alkyl halides is 1. The second kappa shape index (κ2) is 4.70. The summed E-state index contributed by atoms with van der Waals surface area (Å²) in [6, 6.07) is 7.60. The summed E-state index contributed by atoms with van der Waals surface area (Å²) in [5.74, 6) is -0.914. The van der Waals surface area contributed by atoms with Crippen LogP contribution in [0.5, 0.6) is 0 Å². The second-order valence-electron chi connectivity index (χ2n) is 3.66. The van der Waals surface area contributed by atoms with Crippen molar-refractivity contribution >= 4 is 32.8 Å². The normalized spacial score (nSPS) is 10.8. The Bertz CT molecular complexity index is 519. The maximum atomic E-state index is 10.9. The number of carbonyl (C=O) groups is 1. The number of para-hydroxylation sites is 1. The van der Waals surface area contributed by atoms with Gasteiger partial charge in [0.15, 0.2) is 0 Å². The van der Waals surface area contributed by atoms with Crippen LogP contribution in [0.4, 0.5) is 0 Å². The smallest absolute Gasteiger partial charge is 0.352 e. The molecular formula is C12H12BrNO2. The highest BCUT2D eigenvalue weighted by atomic mass is 79.9. The fourth-order valence-electron chi connectivity index (χ4n) is 1.80. The largest absolute Gasteiger partial charge is 0.477 e. The Hall–Kier alpha value is -1.29. The van der Waals surface area contributed by atoms with Crippen molar-refractivity contribution < 1.29 is 9.90 Å². The zero-order valence-corrected chi connectivity index (χ0v) is 10.3. The number of aryl methyl sites for hydroxylation is 1. The number of hydrogen-bond acceptors (Lipinski definition) is 1. The van der Waals surface area contributed by atoms with E-state index in [1.165, 1.54) is 5.56 Å². The van der Waals surface area contributed by atoms with Gasteiger partial charge in [-0.25, -0.2) is 4.79 Å². The number of hydrogen-bond donors (Lipinski definition) is 2. The SMILES string of the molecule is O=C(O)c1cc2cccc(CCCBr)c2[nH]1. The van der Waals surface area contributed by atoms with Gasteiger partial charge in [-0.05, 0) is 24.5 Å². The van der Waals surface area contributed by atoms with Crippen LogP contribution in [0.1, 0.15) is 22.5 Å². The van der Waals surface area contributed by atoms with E-state index in [4.69, 9.17) is 5.11 Å². The van der Waals surface area contributed by atoms with Gasteiger partial charge in [-0.1, -0.05) is 34.1 Å². The minimum Gasteiger partial charge on any atom is -0.477 e. The van der Waals surface area contributed by atoms with E-state index in [0.29, 0.717) is 0 Å². The van der Waals surface area contributed by atoms with E-state index in [2.05, 4.69) is 20.9 Å². The van der Waals surface area contributed by atoms with Crippen LogP contribution < -0.4 is 0 Å². The van der Waals surface area contributed by atoms with E-state index in [1.54, 1.807) is 6.07 Å². The summed E-state index contributed by atoms with van der Waals surface area (Å²) in [5, 5.41) is 10.8. The summed E-state index contributed by atoms with van der Waals surface area (Å²) in [4.78, 5) is 13.8. The first kappa shape index (κ1) is 11.2. The average Bonchev–Trinajstić information content (AvgIpc) is 2.70. The highest BCUT2D eigenvalue weighted by Crippen LogP contribution is 2.21. The zero-order valence-electron chi connectivity index (χ0n) is 8.66. The lowest BCUT2D eigenvalue weighted by Gasteiger charge is -2.01. The third-order valence-corrected chi connectivity index (χ3v) is 3.11. The van der Waals surface area contributed by atoms with Gasteiger partial charge < -0.3 is 10.1 Å². The van der Waals surface area contributed by atoms with Gasteiger partial charge in [-0.3, -0.25) is 0 Å². The Kier molecular flexibility index (Phi) is 3.29. The van der Waals surface area contributed by atoms with Crippen LogP contribution in [0.25, 0.3) is 10.9 Å². The number of H-pyrrole nitrogens is 1. The van der Waals surface area contributed by atoms with E-state index in [1.807, 2.05) is 18.2 Å². The minimum absolute atomic E-state index is 0.251. The van der Waals surface area contributed by atoms with Gasteiger partial charge in [0.2, 0.25) is 0 Å². The van der Waals surface area contributed by atoms with E-state index >= 15 is 0 Å². The maximum Gasteiger partial charge on any atom is 0.352 e. The number of halogens is 1. The fourth-order valence-corrected chi connectivity index (χ4v) is 2.08. The molecule has 1 aromatic heterocycles. The van der Waals surface area contributed by atoms with Gasteiger partial charge in [0.25, 0.3) is 0 Å². The maximum absolute atomic E-state index is 10.9. The number of aromatic nitrogens is 1. The number of carboxylic acid groups (broad SMARTS) is 1. The molecule has 1 aromatic carbocycles. The highest BCUT2D eigenvalue weighted by Gasteiger charge is 2.09. The molecule has 1 heterocycles. The van der Waals surface area contributed by atoms with Gasteiger partial charge in [0.1, 0.15) is 5.69 Å². The molecule has 0 aliphatic carbocycles. The molecule has 0 unspecified atom stereocenters. The van der Waals surface area contributed by atoms with Crippen molar-refractivity contribution in [2.24, 2.45) is 0 Å². The molecule has 16 heavy (non-hydrogen) atoms. The summed E-state index contributed by atoms with van der Waals surface area (Å²) in [5.41, 5.74) is 2.37. The molecular weight excluding hydrogens is 270 g/mol. The Morgan fingerprint density at radius 3 is 2.94 bits per heavy atom. The standard InChI is InChI=1S/C12H12BrNO2/c13-6-2-5-8-3-1-4-9-7-10(12(15)16)14-11(8)9/h1,3-4,7,14H,2,5-6H2,(H,15,16). The van der Waals surface area contributed by atoms with Gasteiger partial charge in [0, 0.05) is 16.2 Å². The third kappa shape index (κ3) is 2.11. The van der Waals surface area contributed by atoms with Crippen molar-refractivity contribution in [2.45, 2.75) is 12.8 Å². The quantitative estimate of drug-likeness (QED) is 0.846. The van der Waals surface area contributed by atoms with E-state index in [9.17, 15) is 4.79 Å². The summed E-state index contributed by atoms with van der Waals surface area (Å²) in [6.07, 6.45) is 1.99. The molecule has 0 aliphatic rings. The minimum atomic E-state index is -0.914. The first-order chi connectivity index (χ1) is 7.72. The van der Waals surface area contributed by atoms with Gasteiger partial charge in [-0.2, -0.15) is 0 Å². The van der Waals surface area contributed by atoms with Gasteiger partial charge in [0.05, 0.1) is 0 Å². The molecule has 0 fully saturated rings. The number of benzene rings is 1. The van der Waals surface area contributed by atoms with Crippen molar-refractivity contribution in [2.75, 3.05) is 5.33 Å². The molecule has 0 atom stereocenters. The van der Waals surface area contributed by atoms with Crippen LogP contribution in [0.15, 0.2) is 24.3 Å². The first-order valence-corrected chi connectivity index (χ1v) is 6.24. The van der Waals surface area contributed by atoms with Crippen LogP contribution in [-0.4, -0.2) is 21.4 Å². The van der Waals surface area contributed by atoms with Crippen LogP contribution in [-0.2, 0) is 6.42 Å². The number of aromatic amines is 1. The summed E-state index contributed by atoms with van der Waals surface area (Å²) < 4.78 is 0. The molecule has 0 amide bonds. The van der Waals surface area contributed by atoms with E-state index < -0.39 is 5.97 Å². The average molecular weight is 282 g/mol. The Balaban J connectivity index is 2.45. The number of nitrogens with one attached hydrogen (secondary N) is 1. The Morgan fingerprint density at radius 2 is 2.25 bits per heavy atom. The molecule has 0 radical (unpaired) electrons. The topological polar surface area (TPSA) is 53.1 Å². The van der Waals surface area contributed by atoms with Crippen molar-refractivity contribution in [1.29, 1.82) is 0 Å². The van der Waals surface area contributed by atoms with Crippen LogP contribution in [0.2, 0.25) is 0 Å². The van der Waals surface area contributed by atoms with Gasteiger partial charge >= 0.3 is 5.97 Å². The lowest BCUT2D eigenvalue weighted by atomic mass is 10.1. The molecule has 84 valence electrons. The number of rotatable bonds is 4. The molecule has 2 rings (SSSR count). The molecule has 4 heteroatoms. The van der Waals surface area contributed by atoms with E-state index in [0.717, 1.165) is 29.1 Å². The van der Waals surface area contributed by atoms with Crippen molar-refractivity contribution in [3.05, 3.63) is 35.5 Å². The molecule has 3 nitrogen and oxygen atoms in total. The first-order valence-electron chi connectivity index (χ1n) is 5.12. The molecule has 0 saturated heterocycles. The predicted octanol–water partition coefficient (Wildman–Crippen LogP) is 3.19. The van der Waals surface area contributed by atoms with Crippen LogP contribution in [0.3, 0.4) is 0 Å². The highest BCUT2D eigenvalue weighted by molar-refractivity contribution is 9.09. The third-order valence-electron chi connectivity index (χ3n) is 2.55. The van der Waals surface area contributed by atoms with Crippen molar-refractivity contribution in [3.63, 3.8) is 0 Å². The monoisotopic (exact) mass is 281 g/mol. The van der Waals surface area contributed by atoms with Crippen LogP contribution in [0, 0.1) is 0 Å². The lowest BCUT2D eigenvalue weighted by Crippen LogP contribution is -1.95. The number of fused-ring (bicyclic) bond motifs is 1.